The third-order valence-electron chi connectivity index (χ3n) is 5.95. The maximum Gasteiger partial charge on any atom is 0.227 e. The van der Waals surface area contributed by atoms with Gasteiger partial charge in [-0.05, 0) is 56.1 Å². The fourth-order valence-corrected chi connectivity index (χ4v) is 4.36. The molecule has 0 saturated heterocycles. The van der Waals surface area contributed by atoms with Gasteiger partial charge in [0.25, 0.3) is 0 Å². The molecule has 0 amide bonds. The number of benzene rings is 2. The Labute approximate surface area is 185 Å². The van der Waals surface area contributed by atoms with Gasteiger partial charge in [0.15, 0.2) is 17.4 Å². The van der Waals surface area contributed by atoms with Crippen LogP contribution in [-0.2, 0) is 13.0 Å². The van der Waals surface area contributed by atoms with Gasteiger partial charge < -0.3 is 20.3 Å². The van der Waals surface area contributed by atoms with E-state index in [1.54, 1.807) is 6.07 Å². The molecule has 3 heterocycles. The van der Waals surface area contributed by atoms with E-state index in [-0.39, 0.29) is 23.4 Å². The van der Waals surface area contributed by atoms with Crippen molar-refractivity contribution in [2.75, 3.05) is 29.9 Å². The normalized spacial score (nSPS) is 15.2. The minimum atomic E-state index is -0.612. The highest BCUT2D eigenvalue weighted by Gasteiger charge is 2.26. The summed E-state index contributed by atoms with van der Waals surface area (Å²) in [5.41, 5.74) is 4.29. The summed E-state index contributed by atoms with van der Waals surface area (Å²) in [5, 5.41) is 6.58. The summed E-state index contributed by atoms with van der Waals surface area (Å²) < 4.78 is 35.2. The molecule has 2 aliphatic rings. The van der Waals surface area contributed by atoms with Gasteiger partial charge in [0.05, 0.1) is 18.4 Å². The van der Waals surface area contributed by atoms with Crippen LogP contribution in [-0.4, -0.2) is 35.7 Å². The van der Waals surface area contributed by atoms with Crippen molar-refractivity contribution in [2.24, 2.45) is 0 Å². The molecular weight excluding hydrogens is 412 g/mol. The highest BCUT2D eigenvalue weighted by molar-refractivity contribution is 5.73. The monoisotopic (exact) mass is 437 g/mol. The molecule has 5 rings (SSSR count). The zero-order chi connectivity index (χ0) is 22.2. The molecule has 6 nitrogen and oxygen atoms in total. The van der Waals surface area contributed by atoms with Crippen molar-refractivity contribution in [1.82, 2.24) is 15.3 Å². The van der Waals surface area contributed by atoms with Crippen molar-refractivity contribution in [3.8, 4) is 17.0 Å². The second-order valence-electron chi connectivity index (χ2n) is 8.33. The van der Waals surface area contributed by atoms with Crippen LogP contribution in [0.5, 0.6) is 5.75 Å². The topological polar surface area (TPSA) is 62.3 Å². The van der Waals surface area contributed by atoms with E-state index in [0.29, 0.717) is 24.4 Å². The first-order valence-corrected chi connectivity index (χ1v) is 10.9. The van der Waals surface area contributed by atoms with Gasteiger partial charge in [-0.15, -0.1) is 0 Å². The molecule has 0 saturated carbocycles. The summed E-state index contributed by atoms with van der Waals surface area (Å²) in [7, 11) is 0. The molecule has 32 heavy (non-hydrogen) atoms. The van der Waals surface area contributed by atoms with Crippen molar-refractivity contribution >= 4 is 17.3 Å². The van der Waals surface area contributed by atoms with Gasteiger partial charge >= 0.3 is 0 Å². The second kappa shape index (κ2) is 8.35. The van der Waals surface area contributed by atoms with Crippen molar-refractivity contribution in [1.29, 1.82) is 0 Å². The number of hydrogen-bond donors (Lipinski definition) is 2. The Bertz CT molecular complexity index is 1170. The van der Waals surface area contributed by atoms with E-state index < -0.39 is 11.6 Å². The summed E-state index contributed by atoms with van der Waals surface area (Å²) >= 11 is 0. The van der Waals surface area contributed by atoms with E-state index in [0.717, 1.165) is 37.0 Å². The van der Waals surface area contributed by atoms with Crippen LogP contribution in [0.2, 0.25) is 0 Å². The number of nitrogens with one attached hydrogen (secondary N) is 2. The molecule has 3 aromatic rings. The van der Waals surface area contributed by atoms with E-state index in [9.17, 15) is 8.78 Å². The summed E-state index contributed by atoms with van der Waals surface area (Å²) in [4.78, 5) is 10.6. The molecule has 8 heteroatoms. The first kappa shape index (κ1) is 20.6. The molecule has 0 unspecified atom stereocenters. The van der Waals surface area contributed by atoms with E-state index in [1.807, 2.05) is 30.9 Å². The minimum absolute atomic E-state index is 0.0430. The molecule has 2 N–H and O–H groups in total. The van der Waals surface area contributed by atoms with Gasteiger partial charge in [0.2, 0.25) is 5.95 Å². The number of aromatic nitrogens is 2. The number of fused-ring (bicyclic) bond motifs is 2. The highest BCUT2D eigenvalue weighted by atomic mass is 19.1. The Balaban J connectivity index is 1.53. The lowest BCUT2D eigenvalue weighted by Gasteiger charge is -2.34. The molecule has 2 aliphatic heterocycles. The fraction of sp³-hybridized carbons (Fsp3) is 0.333. The lowest BCUT2D eigenvalue weighted by atomic mass is 9.99. The quantitative estimate of drug-likeness (QED) is 0.630. The number of halogens is 2. The van der Waals surface area contributed by atoms with Gasteiger partial charge in [-0.3, -0.25) is 0 Å². The zero-order valence-corrected chi connectivity index (χ0v) is 18.1. The van der Waals surface area contributed by atoms with Crippen LogP contribution in [0, 0.1) is 11.6 Å². The van der Waals surface area contributed by atoms with Gasteiger partial charge in [-0.25, -0.2) is 18.7 Å². The van der Waals surface area contributed by atoms with Crippen LogP contribution in [0.4, 0.5) is 26.1 Å². The second-order valence-corrected chi connectivity index (χ2v) is 8.33. The first-order valence-electron chi connectivity index (χ1n) is 10.9. The minimum Gasteiger partial charge on any atom is -0.486 e. The molecule has 0 fully saturated rings. The van der Waals surface area contributed by atoms with Crippen molar-refractivity contribution < 1.29 is 13.5 Å². The molecule has 0 aliphatic carbocycles. The number of nitrogens with zero attached hydrogens (tertiary/aromatic N) is 3. The Morgan fingerprint density at radius 2 is 2.06 bits per heavy atom. The van der Waals surface area contributed by atoms with Gasteiger partial charge in [-0.2, -0.15) is 0 Å². The highest BCUT2D eigenvalue weighted by Crippen LogP contribution is 2.39. The average molecular weight is 437 g/mol. The SMILES string of the molecule is CC(C)N1CCOc2c(F)cc(-c3nc(Nc4cccc5c4CNCC5)ncc3F)cc21. The summed E-state index contributed by atoms with van der Waals surface area (Å²) in [6.45, 7) is 6.79. The van der Waals surface area contributed by atoms with Crippen LogP contribution in [0.25, 0.3) is 11.3 Å². The van der Waals surface area contributed by atoms with E-state index in [1.165, 1.54) is 11.6 Å². The number of hydrogen-bond acceptors (Lipinski definition) is 6. The van der Waals surface area contributed by atoms with Crippen LogP contribution >= 0.6 is 0 Å². The Morgan fingerprint density at radius 3 is 2.91 bits per heavy atom. The Kier molecular flexibility index (Phi) is 5.38. The smallest absolute Gasteiger partial charge is 0.227 e. The maximum atomic E-state index is 14.9. The van der Waals surface area contributed by atoms with Gasteiger partial charge in [0.1, 0.15) is 12.3 Å². The van der Waals surface area contributed by atoms with E-state index >= 15 is 0 Å². The summed E-state index contributed by atoms with van der Waals surface area (Å²) in [6.07, 6.45) is 2.07. The van der Waals surface area contributed by atoms with Gasteiger partial charge in [0, 0.05) is 23.8 Å². The third kappa shape index (κ3) is 3.75. The standard InChI is InChI=1S/C24H25F2N5O/c1-14(2)31-8-9-32-23-18(25)10-16(11-21(23)31)22-19(26)13-28-24(30-22)29-20-5-3-4-15-6-7-27-12-17(15)20/h3-5,10-11,13-14,27H,6-9,12H2,1-2H3,(H,28,29,30). The molecular formula is C24H25F2N5O. The molecule has 2 aromatic carbocycles. The van der Waals surface area contributed by atoms with E-state index in [4.69, 9.17) is 4.74 Å². The lowest BCUT2D eigenvalue weighted by molar-refractivity contribution is 0.287. The average Bonchev–Trinajstić information content (AvgIpc) is 2.80. The zero-order valence-electron chi connectivity index (χ0n) is 18.1. The fourth-order valence-electron chi connectivity index (χ4n) is 4.36. The molecule has 1 aromatic heterocycles. The lowest BCUT2D eigenvalue weighted by Crippen LogP contribution is -2.38. The largest absolute Gasteiger partial charge is 0.486 e. The van der Waals surface area contributed by atoms with Crippen LogP contribution in [0.3, 0.4) is 0 Å². The van der Waals surface area contributed by atoms with Crippen LogP contribution < -0.4 is 20.3 Å². The number of anilines is 3. The molecule has 166 valence electrons. The summed E-state index contributed by atoms with van der Waals surface area (Å²) in [6, 6.07) is 9.20. The van der Waals surface area contributed by atoms with E-state index in [2.05, 4.69) is 26.7 Å². The predicted molar refractivity (Wildman–Crippen MR) is 120 cm³/mol. The van der Waals surface area contributed by atoms with Gasteiger partial charge in [-0.1, -0.05) is 12.1 Å². The third-order valence-corrected chi connectivity index (χ3v) is 5.95. The molecule has 0 radical (unpaired) electrons. The first-order chi connectivity index (χ1) is 15.5. The predicted octanol–water partition coefficient (Wildman–Crippen LogP) is 4.42. The maximum absolute atomic E-state index is 14.9. The Morgan fingerprint density at radius 1 is 1.19 bits per heavy atom. The van der Waals surface area contributed by atoms with Crippen LogP contribution in [0.1, 0.15) is 25.0 Å². The number of rotatable bonds is 4. The number of ether oxygens (including phenoxy) is 1. The van der Waals surface area contributed by atoms with Crippen molar-refractivity contribution in [3.63, 3.8) is 0 Å². The summed E-state index contributed by atoms with van der Waals surface area (Å²) in [5.74, 6) is -0.682. The van der Waals surface area contributed by atoms with Crippen LogP contribution in [0.15, 0.2) is 36.5 Å². The van der Waals surface area contributed by atoms with Crippen molar-refractivity contribution in [3.05, 3.63) is 59.3 Å². The molecule has 0 spiro atoms. The molecule has 0 bridgehead atoms. The Hall–Kier alpha value is -3.26. The van der Waals surface area contributed by atoms with Crippen molar-refractivity contribution in [2.45, 2.75) is 32.9 Å². The molecule has 0 atom stereocenters.